The molecule has 0 saturated heterocycles. The van der Waals surface area contributed by atoms with Gasteiger partial charge in [0.05, 0.1) is 0 Å². The molecule has 2 aliphatic carbocycles. The van der Waals surface area contributed by atoms with Crippen molar-refractivity contribution in [1.29, 1.82) is 0 Å². The van der Waals surface area contributed by atoms with Crippen LogP contribution in [0.15, 0.2) is 5.16 Å². The number of amidine groups is 1. The fraction of sp³-hybridized carbons (Fsp3) is 0.833. The van der Waals surface area contributed by atoms with E-state index in [0.717, 1.165) is 12.2 Å². The van der Waals surface area contributed by atoms with Crippen LogP contribution in [0.1, 0.15) is 39.0 Å². The highest BCUT2D eigenvalue weighted by atomic mass is 32.2. The van der Waals surface area contributed by atoms with Crippen LogP contribution in [-0.2, 0) is 4.79 Å². The molecular formula is C12H21N3O2S. The van der Waals surface area contributed by atoms with E-state index in [1.165, 1.54) is 12.8 Å². The minimum absolute atomic E-state index is 0.0534. The molecule has 2 saturated carbocycles. The molecule has 4 N–H and O–H groups in total. The monoisotopic (exact) mass is 271 g/mol. The third-order valence-electron chi connectivity index (χ3n) is 3.93. The Morgan fingerprint density at radius 2 is 2.28 bits per heavy atom. The van der Waals surface area contributed by atoms with Crippen LogP contribution in [0, 0.1) is 5.41 Å². The number of nitrogens with two attached hydrogens (primary N) is 1. The molecule has 1 amide bonds. The number of oxime groups is 1. The lowest BCUT2D eigenvalue weighted by atomic mass is 10.0. The highest BCUT2D eigenvalue weighted by Gasteiger charge is 2.54. The molecule has 0 bridgehead atoms. The lowest BCUT2D eigenvalue weighted by molar-refractivity contribution is -0.124. The summed E-state index contributed by atoms with van der Waals surface area (Å²) >= 11 is 1.91. The molecule has 0 aromatic heterocycles. The van der Waals surface area contributed by atoms with E-state index in [9.17, 15) is 4.79 Å². The van der Waals surface area contributed by atoms with Crippen molar-refractivity contribution in [3.8, 4) is 0 Å². The molecule has 2 rings (SSSR count). The summed E-state index contributed by atoms with van der Waals surface area (Å²) < 4.78 is 0. The molecule has 0 aromatic carbocycles. The van der Waals surface area contributed by atoms with Crippen molar-refractivity contribution in [3.63, 3.8) is 0 Å². The summed E-state index contributed by atoms with van der Waals surface area (Å²) in [4.78, 5) is 12.2. The van der Waals surface area contributed by atoms with Crippen molar-refractivity contribution in [3.05, 3.63) is 0 Å². The average molecular weight is 271 g/mol. The average Bonchev–Trinajstić information content (AvgIpc) is 3.08. The van der Waals surface area contributed by atoms with Gasteiger partial charge in [-0.25, -0.2) is 0 Å². The number of hydrogen-bond donors (Lipinski definition) is 3. The van der Waals surface area contributed by atoms with E-state index in [1.54, 1.807) is 0 Å². The molecule has 0 heterocycles. The topological polar surface area (TPSA) is 87.7 Å². The van der Waals surface area contributed by atoms with Crippen molar-refractivity contribution in [1.82, 2.24) is 5.32 Å². The van der Waals surface area contributed by atoms with Gasteiger partial charge in [0.15, 0.2) is 5.84 Å². The second-order valence-corrected chi connectivity index (χ2v) is 6.59. The van der Waals surface area contributed by atoms with E-state index < -0.39 is 5.41 Å². The number of carbonyl (C=O) groups is 1. The Bertz CT molecular complexity index is 355. The lowest BCUT2D eigenvalue weighted by Crippen LogP contribution is -2.47. The maximum Gasteiger partial charge on any atom is 0.234 e. The van der Waals surface area contributed by atoms with Gasteiger partial charge >= 0.3 is 0 Å². The van der Waals surface area contributed by atoms with Crippen LogP contribution in [0.5, 0.6) is 0 Å². The summed E-state index contributed by atoms with van der Waals surface area (Å²) in [5.74, 6) is 1.06. The Labute approximate surface area is 112 Å². The molecule has 0 aromatic rings. The summed E-state index contributed by atoms with van der Waals surface area (Å²) in [7, 11) is 0. The zero-order chi connectivity index (χ0) is 13.2. The van der Waals surface area contributed by atoms with E-state index in [1.807, 2.05) is 11.8 Å². The van der Waals surface area contributed by atoms with Gasteiger partial charge in [-0.1, -0.05) is 18.5 Å². The van der Waals surface area contributed by atoms with Crippen LogP contribution < -0.4 is 11.1 Å². The van der Waals surface area contributed by atoms with Gasteiger partial charge in [-0.3, -0.25) is 4.79 Å². The molecular weight excluding hydrogens is 250 g/mol. The number of hydrogen-bond acceptors (Lipinski definition) is 4. The fourth-order valence-electron chi connectivity index (χ4n) is 2.63. The van der Waals surface area contributed by atoms with Crippen molar-refractivity contribution >= 4 is 23.5 Å². The summed E-state index contributed by atoms with van der Waals surface area (Å²) in [6.07, 6.45) is 4.74. The predicted octanol–water partition coefficient (Wildman–Crippen LogP) is 1.30. The second-order valence-electron chi connectivity index (χ2n) is 5.07. The third kappa shape index (κ3) is 2.43. The zero-order valence-electron chi connectivity index (χ0n) is 10.7. The van der Waals surface area contributed by atoms with Crippen molar-refractivity contribution < 1.29 is 10.0 Å². The molecule has 2 aliphatic rings. The van der Waals surface area contributed by atoms with Gasteiger partial charge in [0.25, 0.3) is 0 Å². The Morgan fingerprint density at radius 3 is 2.83 bits per heavy atom. The van der Waals surface area contributed by atoms with E-state index in [0.29, 0.717) is 18.1 Å². The van der Waals surface area contributed by atoms with Crippen LogP contribution in [0.25, 0.3) is 0 Å². The second kappa shape index (κ2) is 5.38. The third-order valence-corrected chi connectivity index (χ3v) is 5.26. The summed E-state index contributed by atoms with van der Waals surface area (Å²) in [5.41, 5.74) is 4.89. The Morgan fingerprint density at radius 1 is 1.56 bits per heavy atom. The number of rotatable bonds is 5. The number of carbonyl (C=O) groups excluding carboxylic acids is 1. The first-order chi connectivity index (χ1) is 8.64. The first-order valence-corrected chi connectivity index (χ1v) is 7.59. The van der Waals surface area contributed by atoms with E-state index in [4.69, 9.17) is 10.9 Å². The van der Waals surface area contributed by atoms with Gasteiger partial charge < -0.3 is 16.3 Å². The van der Waals surface area contributed by atoms with Crippen molar-refractivity contribution in [2.45, 2.75) is 50.3 Å². The maximum absolute atomic E-state index is 12.2. The highest BCUT2D eigenvalue weighted by molar-refractivity contribution is 7.99. The molecule has 6 heteroatoms. The van der Waals surface area contributed by atoms with Crippen molar-refractivity contribution in [2.24, 2.45) is 16.3 Å². The standard InChI is InChI=1S/C12H21N3O2S/c1-2-18-9-5-3-4-8(9)14-11(16)12(6-7-12)10(13)15-17/h8-9,17H,2-7H2,1H3,(H2,13,15)(H,14,16). The summed E-state index contributed by atoms with van der Waals surface area (Å²) in [6, 6.07) is 0.242. The quantitative estimate of drug-likeness (QED) is 0.304. The molecule has 2 unspecified atom stereocenters. The molecule has 0 aliphatic heterocycles. The van der Waals surface area contributed by atoms with Crippen LogP contribution in [0.3, 0.4) is 0 Å². The van der Waals surface area contributed by atoms with Gasteiger partial charge in [0.2, 0.25) is 5.91 Å². The van der Waals surface area contributed by atoms with Crippen molar-refractivity contribution in [2.75, 3.05) is 5.75 Å². The van der Waals surface area contributed by atoms with Gasteiger partial charge in [-0.2, -0.15) is 11.8 Å². The summed E-state index contributed by atoms with van der Waals surface area (Å²) in [6.45, 7) is 2.14. The van der Waals surface area contributed by atoms with Crippen LogP contribution in [0.4, 0.5) is 0 Å². The molecule has 102 valence electrons. The van der Waals surface area contributed by atoms with Gasteiger partial charge in [-0.15, -0.1) is 0 Å². The first kappa shape index (κ1) is 13.5. The smallest absolute Gasteiger partial charge is 0.234 e. The van der Waals surface area contributed by atoms with Crippen LogP contribution >= 0.6 is 11.8 Å². The molecule has 2 atom stereocenters. The SMILES string of the molecule is CCSC1CCCC1NC(=O)C1(C(N)=NO)CC1. The van der Waals surface area contributed by atoms with Crippen LogP contribution in [-0.4, -0.2) is 34.0 Å². The Kier molecular flexibility index (Phi) is 4.04. The predicted molar refractivity (Wildman–Crippen MR) is 72.8 cm³/mol. The minimum Gasteiger partial charge on any atom is -0.409 e. The highest BCUT2D eigenvalue weighted by Crippen LogP contribution is 2.46. The van der Waals surface area contributed by atoms with Gasteiger partial charge in [0.1, 0.15) is 5.41 Å². The molecule has 0 spiro atoms. The molecule has 18 heavy (non-hydrogen) atoms. The number of amides is 1. The van der Waals surface area contributed by atoms with E-state index in [-0.39, 0.29) is 17.8 Å². The molecule has 2 fully saturated rings. The van der Waals surface area contributed by atoms with E-state index in [2.05, 4.69) is 17.4 Å². The Balaban J connectivity index is 1.95. The number of thioether (sulfide) groups is 1. The maximum atomic E-state index is 12.2. The fourth-order valence-corrected chi connectivity index (χ4v) is 3.83. The largest absolute Gasteiger partial charge is 0.409 e. The normalized spacial score (nSPS) is 30.2. The molecule has 5 nitrogen and oxygen atoms in total. The first-order valence-electron chi connectivity index (χ1n) is 6.54. The van der Waals surface area contributed by atoms with E-state index >= 15 is 0 Å². The zero-order valence-corrected chi connectivity index (χ0v) is 11.5. The minimum atomic E-state index is -0.723. The number of nitrogens with zero attached hydrogens (tertiary/aromatic N) is 1. The molecule has 0 radical (unpaired) electrons. The van der Waals surface area contributed by atoms with Gasteiger partial charge in [0, 0.05) is 11.3 Å². The lowest BCUT2D eigenvalue weighted by Gasteiger charge is -2.23. The number of nitrogens with one attached hydrogen (secondary N) is 1. The van der Waals surface area contributed by atoms with Crippen LogP contribution in [0.2, 0.25) is 0 Å². The van der Waals surface area contributed by atoms with Gasteiger partial charge in [-0.05, 0) is 31.4 Å². The summed E-state index contributed by atoms with van der Waals surface area (Å²) in [5, 5.41) is 15.4. The Hall–Kier alpha value is -0.910.